The van der Waals surface area contributed by atoms with Gasteiger partial charge < -0.3 is 9.79 Å². The number of hydrogen-bond acceptors (Lipinski definition) is 3. The molecule has 0 amide bonds. The molecule has 0 aromatic carbocycles. The van der Waals surface area contributed by atoms with Gasteiger partial charge in [-0.3, -0.25) is 4.57 Å². The Bertz CT molecular complexity index is 120. The summed E-state index contributed by atoms with van der Waals surface area (Å²) < 4.78 is 33.2. The van der Waals surface area contributed by atoms with Crippen molar-refractivity contribution in [3.05, 3.63) is 0 Å². The minimum absolute atomic E-state index is 0. The molecule has 0 atom stereocenters. The third kappa shape index (κ3) is 340. The molecule has 1 radical (unpaired) electrons. The summed E-state index contributed by atoms with van der Waals surface area (Å²) in [6.45, 7) is 0. The van der Waals surface area contributed by atoms with Crippen molar-refractivity contribution in [1.82, 2.24) is 0 Å². The van der Waals surface area contributed by atoms with Gasteiger partial charge in [0, 0.05) is 0 Å². The average molecular weight is 425 g/mol. The Balaban J connectivity index is -0.0000000300. The van der Waals surface area contributed by atoms with E-state index in [4.69, 9.17) is 25.7 Å². The smallest absolute Gasteiger partial charge is 0.0125 e. The van der Waals surface area contributed by atoms with E-state index >= 15 is 0 Å². The second-order valence-electron chi connectivity index (χ2n) is 0.520. The van der Waals surface area contributed by atoms with Crippen LogP contribution in [-0.2, 0) is 27.3 Å². The largest absolute Gasteiger partial charge is 0.0125 e. The van der Waals surface area contributed by atoms with Crippen LogP contribution in [0.3, 0.4) is 0 Å². The van der Waals surface area contributed by atoms with E-state index in [1.165, 1.54) is 0 Å². The fourth-order valence-electron chi connectivity index (χ4n) is 0. The molecule has 0 aliphatic rings. The maximum Gasteiger partial charge on any atom is -0.0125 e. The van der Waals surface area contributed by atoms with Crippen LogP contribution in [0.4, 0.5) is 0 Å². The Morgan fingerprint density at radius 3 is 1.20 bits per heavy atom. The van der Waals surface area contributed by atoms with Crippen molar-refractivity contribution < 1.29 is 41.1 Å². The van der Waals surface area contributed by atoms with E-state index in [1.807, 2.05) is 0 Å². The molecule has 6 nitrogen and oxygen atoms in total. The first-order chi connectivity index (χ1) is 3.46. The molecule has 0 aromatic heterocycles. The van der Waals surface area contributed by atoms with Gasteiger partial charge in [-0.05, 0) is 11.0 Å². The van der Waals surface area contributed by atoms with Gasteiger partial charge in [-0.1, -0.05) is 0 Å². The first kappa shape index (κ1) is 22.5. The summed E-state index contributed by atoms with van der Waals surface area (Å²) in [5, 5.41) is 0. The molecule has 0 aliphatic carbocycles. The minimum Gasteiger partial charge on any atom is -0.0125 e. The first-order valence-electron chi connectivity index (χ1n) is 1.22. The zero-order valence-corrected chi connectivity index (χ0v) is 15.1. The molecular formula is H10BiO6PSiV. The summed E-state index contributed by atoms with van der Waals surface area (Å²) in [7, 11) is -3.13. The third-order valence-corrected chi connectivity index (χ3v) is 0. The van der Waals surface area contributed by atoms with Gasteiger partial charge in [0.25, 0.3) is 0 Å². The Labute approximate surface area is 86.1 Å². The Morgan fingerprint density at radius 1 is 1.20 bits per heavy atom. The molecule has 65 valence electrons. The summed E-state index contributed by atoms with van der Waals surface area (Å²) in [6, 6.07) is 0. The van der Waals surface area contributed by atoms with Gasteiger partial charge in [-0.25, -0.2) is 0 Å². The fourth-order valence-corrected chi connectivity index (χ4v) is 0. The molecule has 0 bridgehead atoms. The third-order valence-electron chi connectivity index (χ3n) is 0. The van der Waals surface area contributed by atoms with Crippen molar-refractivity contribution in [2.75, 3.05) is 0 Å². The Hall–Kier alpha value is 1.39. The normalized spacial score (nSPS) is 6.00. The molecule has 0 rings (SSSR count). The predicted octanol–water partition coefficient (Wildman–Crippen LogP) is -3.80. The molecule has 0 fully saturated rings. The van der Waals surface area contributed by atoms with Gasteiger partial charge in [0.2, 0.25) is 0 Å². The summed E-state index contributed by atoms with van der Waals surface area (Å²) in [5.74, 6) is 0. The van der Waals surface area contributed by atoms with E-state index < -0.39 is 23.7 Å². The van der Waals surface area contributed by atoms with Crippen LogP contribution in [0.2, 0.25) is 0 Å². The topological polar surface area (TPSA) is 112 Å². The molecule has 0 saturated carbocycles. The molecule has 3 N–H and O–H groups in total. The van der Waals surface area contributed by atoms with Crippen LogP contribution in [0, 0.1) is 0 Å². The van der Waals surface area contributed by atoms with Crippen LogP contribution >= 0.6 is 8.25 Å². The second-order valence-corrected chi connectivity index (χ2v) is 1.83. The quantitative estimate of drug-likeness (QED) is 0.271. The van der Waals surface area contributed by atoms with E-state index in [-0.39, 0.29) is 37.2 Å². The SMILES string of the molecule is O=[PH](O)O.[BiH3].[O]=[V](=[O])[OH].[SiH3]. The van der Waals surface area contributed by atoms with Gasteiger partial charge in [-0.15, -0.1) is 0 Å². The van der Waals surface area contributed by atoms with Crippen LogP contribution in [0.5, 0.6) is 0 Å². The van der Waals surface area contributed by atoms with Crippen LogP contribution in [0.1, 0.15) is 0 Å². The van der Waals surface area contributed by atoms with Crippen LogP contribution in [-0.4, -0.2) is 51.0 Å². The van der Waals surface area contributed by atoms with Gasteiger partial charge >= 0.3 is 61.2 Å². The first-order valence-corrected chi connectivity index (χ1v) is 4.28. The zero-order chi connectivity index (χ0) is 7.15. The van der Waals surface area contributed by atoms with Crippen molar-refractivity contribution in [1.29, 1.82) is 0 Å². The van der Waals surface area contributed by atoms with Gasteiger partial charge in [-0.2, -0.15) is 0 Å². The molecular weight excluding hydrogens is 415 g/mol. The van der Waals surface area contributed by atoms with Crippen LogP contribution in [0.15, 0.2) is 0 Å². The van der Waals surface area contributed by atoms with Crippen molar-refractivity contribution in [2.24, 2.45) is 0 Å². The summed E-state index contributed by atoms with van der Waals surface area (Å²) in [6.07, 6.45) is 0. The van der Waals surface area contributed by atoms with Crippen LogP contribution in [0.25, 0.3) is 0 Å². The van der Waals surface area contributed by atoms with Crippen molar-refractivity contribution in [3.8, 4) is 0 Å². The zero-order valence-electron chi connectivity index (χ0n) is 5.22. The number of rotatable bonds is 0. The van der Waals surface area contributed by atoms with E-state index in [1.54, 1.807) is 0 Å². The fraction of sp³-hybridized carbons (Fsp3) is 0. The monoisotopic (exact) mass is 425 g/mol. The van der Waals surface area contributed by atoms with Gasteiger partial charge in [0.15, 0.2) is 0 Å². The van der Waals surface area contributed by atoms with Crippen molar-refractivity contribution in [2.45, 2.75) is 0 Å². The van der Waals surface area contributed by atoms with Crippen molar-refractivity contribution >= 4 is 45.4 Å². The van der Waals surface area contributed by atoms with Gasteiger partial charge in [0.05, 0.1) is 0 Å². The summed E-state index contributed by atoms with van der Waals surface area (Å²) >= 11 is -3.69. The predicted molar refractivity (Wildman–Crippen MR) is 36.9 cm³/mol. The summed E-state index contributed by atoms with van der Waals surface area (Å²) in [5.41, 5.74) is 0. The molecule has 0 aliphatic heterocycles. The Kier molecular flexibility index (Phi) is 37.8. The molecule has 10 heavy (non-hydrogen) atoms. The molecule has 0 heterocycles. The maximum absolute atomic E-state index is 8.74. The molecule has 0 spiro atoms. The maximum atomic E-state index is 8.74. The second kappa shape index (κ2) is 16.8. The molecule has 0 unspecified atom stereocenters. The number of hydrogen-bond donors (Lipinski definition) is 3. The van der Waals surface area contributed by atoms with Crippen molar-refractivity contribution in [3.63, 3.8) is 0 Å². The molecule has 0 aromatic rings. The van der Waals surface area contributed by atoms with E-state index in [0.29, 0.717) is 0 Å². The molecule has 10 heteroatoms. The molecule has 0 saturated heterocycles. The van der Waals surface area contributed by atoms with E-state index in [2.05, 4.69) is 0 Å². The standard InChI is InChI=1S/Bi.H3O3P.H2O.2O.H3Si.V.3H/c;1-4(2)3;;;;;;;;/h;4H,(H2,1,2,3);1H2;;;1H3;;;;/q;;;;;;+1;;;/p-1. The summed E-state index contributed by atoms with van der Waals surface area (Å²) in [4.78, 5) is 14.3. The van der Waals surface area contributed by atoms with Crippen LogP contribution < -0.4 is 0 Å². The van der Waals surface area contributed by atoms with E-state index in [9.17, 15) is 0 Å². The average Bonchev–Trinajstić information content (AvgIpc) is 1.25. The minimum atomic E-state index is -3.69. The van der Waals surface area contributed by atoms with E-state index in [0.717, 1.165) is 0 Å². The van der Waals surface area contributed by atoms with Gasteiger partial charge in [0.1, 0.15) is 0 Å². The Morgan fingerprint density at radius 2 is 1.20 bits per heavy atom.